The molecular formula is C14H15Cl2N3O2S2. The summed E-state index contributed by atoms with van der Waals surface area (Å²) in [6, 6.07) is 5.21. The molecule has 5 nitrogen and oxygen atoms in total. The Morgan fingerprint density at radius 3 is 2.87 bits per heavy atom. The molecule has 1 saturated heterocycles. The van der Waals surface area contributed by atoms with Crippen molar-refractivity contribution >= 4 is 51.4 Å². The highest BCUT2D eigenvalue weighted by molar-refractivity contribution is 8.01. The molecule has 1 aliphatic heterocycles. The second-order valence-electron chi connectivity index (χ2n) is 4.72. The van der Waals surface area contributed by atoms with Gasteiger partial charge in [0.05, 0.1) is 24.8 Å². The fourth-order valence-corrected chi connectivity index (χ4v) is 4.26. The van der Waals surface area contributed by atoms with Crippen LogP contribution >= 0.6 is 46.3 Å². The molecule has 0 spiro atoms. The van der Waals surface area contributed by atoms with Crippen molar-refractivity contribution in [2.45, 2.75) is 4.34 Å². The smallest absolute Gasteiger partial charge is 0.209 e. The van der Waals surface area contributed by atoms with Gasteiger partial charge in [0.25, 0.3) is 0 Å². The van der Waals surface area contributed by atoms with E-state index in [9.17, 15) is 0 Å². The zero-order valence-electron chi connectivity index (χ0n) is 12.2. The maximum Gasteiger partial charge on any atom is 0.209 e. The highest BCUT2D eigenvalue weighted by Crippen LogP contribution is 2.30. The zero-order chi connectivity index (χ0) is 16.1. The molecule has 0 saturated carbocycles. The Balaban J connectivity index is 1.44. The highest BCUT2D eigenvalue weighted by atomic mass is 35.5. The lowest BCUT2D eigenvalue weighted by Crippen LogP contribution is -2.36. The van der Waals surface area contributed by atoms with Gasteiger partial charge in [-0.1, -0.05) is 46.3 Å². The van der Waals surface area contributed by atoms with Crippen molar-refractivity contribution in [3.8, 4) is 5.75 Å². The van der Waals surface area contributed by atoms with Gasteiger partial charge in [0.1, 0.15) is 5.75 Å². The number of morpholine rings is 1. The third-order valence-corrected chi connectivity index (χ3v) is 5.75. The summed E-state index contributed by atoms with van der Waals surface area (Å²) in [4.78, 5) is 2.20. The van der Waals surface area contributed by atoms with Crippen LogP contribution in [0.15, 0.2) is 22.5 Å². The molecule has 3 rings (SSSR count). The molecule has 1 aromatic heterocycles. The number of aromatic nitrogens is 2. The molecule has 1 aromatic carbocycles. The minimum atomic E-state index is 0.521. The second-order valence-corrected chi connectivity index (χ2v) is 7.86. The Morgan fingerprint density at radius 1 is 1.26 bits per heavy atom. The maximum absolute atomic E-state index is 6.06. The Hall–Kier alpha value is -0.730. The van der Waals surface area contributed by atoms with E-state index in [2.05, 4.69) is 15.1 Å². The van der Waals surface area contributed by atoms with Crippen molar-refractivity contribution in [1.29, 1.82) is 0 Å². The van der Waals surface area contributed by atoms with E-state index in [1.165, 1.54) is 0 Å². The molecule has 0 bridgehead atoms. The number of halogens is 2. The van der Waals surface area contributed by atoms with E-state index in [-0.39, 0.29) is 0 Å². The van der Waals surface area contributed by atoms with E-state index in [0.29, 0.717) is 22.4 Å². The fraction of sp³-hybridized carbons (Fsp3) is 0.429. The number of nitrogens with zero attached hydrogens (tertiary/aromatic N) is 3. The van der Waals surface area contributed by atoms with Crippen LogP contribution in [0.3, 0.4) is 0 Å². The van der Waals surface area contributed by atoms with Crippen LogP contribution < -0.4 is 9.64 Å². The van der Waals surface area contributed by atoms with Crippen molar-refractivity contribution in [3.63, 3.8) is 0 Å². The van der Waals surface area contributed by atoms with Crippen molar-refractivity contribution in [1.82, 2.24) is 10.2 Å². The highest BCUT2D eigenvalue weighted by Gasteiger charge is 2.15. The number of hydrogen-bond acceptors (Lipinski definition) is 7. The number of rotatable bonds is 6. The first kappa shape index (κ1) is 17.1. The predicted molar refractivity (Wildman–Crippen MR) is 95.6 cm³/mol. The van der Waals surface area contributed by atoms with Crippen molar-refractivity contribution in [2.75, 3.05) is 43.6 Å². The van der Waals surface area contributed by atoms with Crippen LogP contribution in [-0.2, 0) is 4.74 Å². The summed E-state index contributed by atoms with van der Waals surface area (Å²) in [5.74, 6) is 1.42. The third-order valence-electron chi connectivity index (χ3n) is 3.14. The van der Waals surface area contributed by atoms with E-state index in [4.69, 9.17) is 32.7 Å². The van der Waals surface area contributed by atoms with Gasteiger partial charge in [-0.2, -0.15) is 0 Å². The van der Waals surface area contributed by atoms with E-state index >= 15 is 0 Å². The quantitative estimate of drug-likeness (QED) is 0.550. The first-order valence-corrected chi connectivity index (χ1v) is 9.65. The number of ether oxygens (including phenoxy) is 2. The number of anilines is 1. The lowest BCUT2D eigenvalue weighted by atomic mass is 10.3. The molecule has 0 aliphatic carbocycles. The van der Waals surface area contributed by atoms with Crippen LogP contribution in [0.25, 0.3) is 0 Å². The van der Waals surface area contributed by atoms with Crippen molar-refractivity contribution in [2.24, 2.45) is 0 Å². The lowest BCUT2D eigenvalue weighted by molar-refractivity contribution is 0.122. The van der Waals surface area contributed by atoms with Gasteiger partial charge in [-0.15, -0.1) is 10.2 Å². The Morgan fingerprint density at radius 2 is 2.09 bits per heavy atom. The summed E-state index contributed by atoms with van der Waals surface area (Å²) in [5, 5.41) is 10.5. The van der Waals surface area contributed by atoms with Gasteiger partial charge >= 0.3 is 0 Å². The van der Waals surface area contributed by atoms with E-state index < -0.39 is 0 Å². The summed E-state index contributed by atoms with van der Waals surface area (Å²) in [6.45, 7) is 3.78. The fourth-order valence-electron chi connectivity index (χ4n) is 2.02. The minimum absolute atomic E-state index is 0.521. The Bertz CT molecular complexity index is 651. The molecule has 0 amide bonds. The summed E-state index contributed by atoms with van der Waals surface area (Å²) < 4.78 is 11.9. The summed E-state index contributed by atoms with van der Waals surface area (Å²) >= 11 is 15.1. The third kappa shape index (κ3) is 4.87. The molecule has 0 radical (unpaired) electrons. The molecule has 1 fully saturated rings. The second kappa shape index (κ2) is 8.39. The van der Waals surface area contributed by atoms with E-state index in [1.807, 2.05) is 0 Å². The van der Waals surface area contributed by atoms with Gasteiger partial charge in [0.2, 0.25) is 5.13 Å². The SMILES string of the molecule is Clc1ccc(OCCSc2nnc(N3CCOCC3)s2)c(Cl)c1. The van der Waals surface area contributed by atoms with Crippen LogP contribution in [0.4, 0.5) is 5.13 Å². The Kier molecular flexibility index (Phi) is 6.24. The van der Waals surface area contributed by atoms with E-state index in [1.54, 1.807) is 41.3 Å². The van der Waals surface area contributed by atoms with Gasteiger partial charge in [-0.05, 0) is 18.2 Å². The molecule has 124 valence electrons. The molecule has 0 N–H and O–H groups in total. The zero-order valence-corrected chi connectivity index (χ0v) is 15.4. The van der Waals surface area contributed by atoms with Crippen LogP contribution in [0.2, 0.25) is 10.0 Å². The molecule has 23 heavy (non-hydrogen) atoms. The van der Waals surface area contributed by atoms with Gasteiger partial charge in [0.15, 0.2) is 4.34 Å². The average Bonchev–Trinajstić information content (AvgIpc) is 3.03. The number of thioether (sulfide) groups is 1. The minimum Gasteiger partial charge on any atom is -0.491 e. The molecule has 1 aliphatic rings. The summed E-state index contributed by atoms with van der Waals surface area (Å²) in [6.07, 6.45) is 0. The monoisotopic (exact) mass is 391 g/mol. The maximum atomic E-state index is 6.06. The number of benzene rings is 1. The molecule has 0 atom stereocenters. The first-order valence-electron chi connectivity index (χ1n) is 7.09. The molecule has 2 heterocycles. The summed E-state index contributed by atoms with van der Waals surface area (Å²) in [5.41, 5.74) is 0. The largest absolute Gasteiger partial charge is 0.491 e. The molecule has 2 aromatic rings. The normalized spacial score (nSPS) is 15.0. The van der Waals surface area contributed by atoms with Gasteiger partial charge in [0, 0.05) is 23.9 Å². The van der Waals surface area contributed by atoms with Crippen LogP contribution in [0.5, 0.6) is 5.75 Å². The van der Waals surface area contributed by atoms with Gasteiger partial charge in [-0.3, -0.25) is 0 Å². The molecule has 9 heteroatoms. The summed E-state index contributed by atoms with van der Waals surface area (Å²) in [7, 11) is 0. The van der Waals surface area contributed by atoms with Crippen LogP contribution in [0.1, 0.15) is 0 Å². The standard InChI is InChI=1S/C14H15Cl2N3O2S2/c15-10-1-2-12(11(16)9-10)21-7-8-22-14-18-17-13(23-14)19-3-5-20-6-4-19/h1-2,9H,3-8H2. The number of hydrogen-bond donors (Lipinski definition) is 0. The average molecular weight is 392 g/mol. The molecule has 0 unspecified atom stereocenters. The predicted octanol–water partition coefficient (Wildman–Crippen LogP) is 3.85. The van der Waals surface area contributed by atoms with Crippen molar-refractivity contribution < 1.29 is 9.47 Å². The van der Waals surface area contributed by atoms with Crippen LogP contribution in [0, 0.1) is 0 Å². The van der Waals surface area contributed by atoms with Gasteiger partial charge in [-0.25, -0.2) is 0 Å². The Labute approximate surface area is 152 Å². The first-order chi connectivity index (χ1) is 11.2. The van der Waals surface area contributed by atoms with Gasteiger partial charge < -0.3 is 14.4 Å². The molecular weight excluding hydrogens is 377 g/mol. The van der Waals surface area contributed by atoms with E-state index in [0.717, 1.165) is 41.5 Å². The van der Waals surface area contributed by atoms with Crippen LogP contribution in [-0.4, -0.2) is 48.9 Å². The lowest BCUT2D eigenvalue weighted by Gasteiger charge is -2.25. The van der Waals surface area contributed by atoms with Crippen molar-refractivity contribution in [3.05, 3.63) is 28.2 Å². The topological polar surface area (TPSA) is 47.5 Å².